The molecular formula is C22H24N2O3. The number of rotatable bonds is 7. The highest BCUT2D eigenvalue weighted by Gasteiger charge is 2.28. The Morgan fingerprint density at radius 3 is 2.11 bits per heavy atom. The summed E-state index contributed by atoms with van der Waals surface area (Å²) in [5.74, 6) is -0.117. The molecule has 0 aromatic heterocycles. The molecule has 0 aliphatic heterocycles. The van der Waals surface area contributed by atoms with Crippen LogP contribution in [0, 0.1) is 0 Å². The fourth-order valence-corrected chi connectivity index (χ4v) is 3.28. The van der Waals surface area contributed by atoms with Crippen LogP contribution in [0.5, 0.6) is 0 Å². The van der Waals surface area contributed by atoms with E-state index < -0.39 is 6.09 Å². The topological polar surface area (TPSA) is 67.4 Å². The molecule has 2 aromatic carbocycles. The maximum Gasteiger partial charge on any atom is 0.407 e. The molecule has 0 saturated heterocycles. The Morgan fingerprint density at radius 2 is 1.52 bits per heavy atom. The van der Waals surface area contributed by atoms with Crippen LogP contribution in [-0.2, 0) is 9.53 Å². The lowest BCUT2D eigenvalue weighted by molar-refractivity contribution is -0.117. The molecule has 2 N–H and O–H groups in total. The van der Waals surface area contributed by atoms with Gasteiger partial charge in [-0.05, 0) is 35.6 Å². The van der Waals surface area contributed by atoms with Gasteiger partial charge in [-0.15, -0.1) is 0 Å². The Hall–Kier alpha value is -3.08. The lowest BCUT2D eigenvalue weighted by atomic mass is 9.98. The van der Waals surface area contributed by atoms with E-state index in [1.54, 1.807) is 6.92 Å². The Kier molecular flexibility index (Phi) is 5.91. The summed E-state index contributed by atoms with van der Waals surface area (Å²) in [6.45, 7) is 6.45. The van der Waals surface area contributed by atoms with E-state index in [1.165, 1.54) is 22.3 Å². The van der Waals surface area contributed by atoms with Crippen molar-refractivity contribution in [2.45, 2.75) is 19.3 Å². The third-order valence-electron chi connectivity index (χ3n) is 4.64. The largest absolute Gasteiger partial charge is 0.449 e. The maximum atomic E-state index is 12.0. The van der Waals surface area contributed by atoms with Gasteiger partial charge in [0.15, 0.2) is 0 Å². The zero-order valence-electron chi connectivity index (χ0n) is 15.5. The average molecular weight is 364 g/mol. The van der Waals surface area contributed by atoms with Crippen LogP contribution in [0.4, 0.5) is 4.79 Å². The Morgan fingerprint density at radius 1 is 0.963 bits per heavy atom. The van der Waals surface area contributed by atoms with Gasteiger partial charge in [0, 0.05) is 24.6 Å². The van der Waals surface area contributed by atoms with E-state index in [0.717, 1.165) is 0 Å². The summed E-state index contributed by atoms with van der Waals surface area (Å²) in [5, 5.41) is 5.45. The minimum Gasteiger partial charge on any atom is -0.449 e. The van der Waals surface area contributed by atoms with E-state index in [9.17, 15) is 9.59 Å². The molecule has 5 nitrogen and oxygen atoms in total. The van der Waals surface area contributed by atoms with Crippen molar-refractivity contribution in [1.29, 1.82) is 0 Å². The SMILES string of the molecule is C=C(C)C(=O)NCCCNC(=O)OCC1c2ccccc2-c2ccccc21. The number of nitrogens with one attached hydrogen (secondary N) is 2. The minimum atomic E-state index is -0.442. The van der Waals surface area contributed by atoms with Crippen molar-refractivity contribution in [3.8, 4) is 11.1 Å². The summed E-state index contributed by atoms with van der Waals surface area (Å²) in [5.41, 5.74) is 5.26. The molecular weight excluding hydrogens is 340 g/mol. The number of ether oxygens (including phenoxy) is 1. The van der Waals surface area contributed by atoms with Gasteiger partial charge >= 0.3 is 6.09 Å². The van der Waals surface area contributed by atoms with Crippen LogP contribution in [-0.4, -0.2) is 31.7 Å². The fraction of sp³-hybridized carbons (Fsp3) is 0.273. The number of carbonyl (C=O) groups is 2. The van der Waals surface area contributed by atoms with Crippen molar-refractivity contribution in [2.75, 3.05) is 19.7 Å². The van der Waals surface area contributed by atoms with Crippen LogP contribution in [0.25, 0.3) is 11.1 Å². The minimum absolute atomic E-state index is 0.0537. The zero-order valence-corrected chi connectivity index (χ0v) is 15.5. The Balaban J connectivity index is 1.48. The molecule has 0 unspecified atom stereocenters. The van der Waals surface area contributed by atoms with E-state index in [1.807, 2.05) is 24.3 Å². The molecule has 0 radical (unpaired) electrons. The van der Waals surface area contributed by atoms with Crippen molar-refractivity contribution in [3.05, 3.63) is 71.8 Å². The molecule has 0 spiro atoms. The molecule has 0 bridgehead atoms. The second kappa shape index (κ2) is 8.54. The monoisotopic (exact) mass is 364 g/mol. The molecule has 0 heterocycles. The molecule has 27 heavy (non-hydrogen) atoms. The van der Waals surface area contributed by atoms with Gasteiger partial charge < -0.3 is 15.4 Å². The predicted octanol–water partition coefficient (Wildman–Crippen LogP) is 3.61. The van der Waals surface area contributed by atoms with Crippen molar-refractivity contribution < 1.29 is 14.3 Å². The third-order valence-corrected chi connectivity index (χ3v) is 4.64. The molecule has 2 aromatic rings. The summed E-state index contributed by atoms with van der Waals surface area (Å²) < 4.78 is 5.45. The van der Waals surface area contributed by atoms with Gasteiger partial charge in [-0.25, -0.2) is 4.79 Å². The van der Waals surface area contributed by atoms with Crippen LogP contribution in [0.2, 0.25) is 0 Å². The van der Waals surface area contributed by atoms with Crippen LogP contribution < -0.4 is 10.6 Å². The summed E-state index contributed by atoms with van der Waals surface area (Å²) in [4.78, 5) is 23.4. The standard InChI is InChI=1S/C22H24N2O3/c1-15(2)21(25)23-12-7-13-24-22(26)27-14-20-18-10-5-3-8-16(18)17-9-4-6-11-19(17)20/h3-6,8-11,20H,1,7,12-14H2,2H3,(H,23,25)(H,24,26). The highest BCUT2D eigenvalue weighted by molar-refractivity contribution is 5.92. The first-order valence-electron chi connectivity index (χ1n) is 9.10. The van der Waals surface area contributed by atoms with Gasteiger partial charge in [0.1, 0.15) is 6.61 Å². The average Bonchev–Trinajstić information content (AvgIpc) is 3.00. The Labute approximate surface area is 159 Å². The van der Waals surface area contributed by atoms with E-state index in [2.05, 4.69) is 41.5 Å². The smallest absolute Gasteiger partial charge is 0.407 e. The number of hydrogen-bond acceptors (Lipinski definition) is 3. The predicted molar refractivity (Wildman–Crippen MR) is 106 cm³/mol. The van der Waals surface area contributed by atoms with Crippen LogP contribution in [0.3, 0.4) is 0 Å². The lowest BCUT2D eigenvalue weighted by Gasteiger charge is -2.14. The Bertz CT molecular complexity index is 815. The molecule has 3 rings (SSSR count). The van der Waals surface area contributed by atoms with Gasteiger partial charge in [-0.1, -0.05) is 55.1 Å². The number of hydrogen-bond donors (Lipinski definition) is 2. The van der Waals surface area contributed by atoms with Gasteiger partial charge in [0.25, 0.3) is 0 Å². The quantitative estimate of drug-likeness (QED) is 0.583. The summed E-state index contributed by atoms with van der Waals surface area (Å²) in [6.07, 6.45) is 0.187. The fourth-order valence-electron chi connectivity index (χ4n) is 3.28. The van der Waals surface area contributed by atoms with Crippen LogP contribution in [0.15, 0.2) is 60.7 Å². The third kappa shape index (κ3) is 4.37. The normalized spacial score (nSPS) is 12.0. The molecule has 5 heteroatoms. The number of fused-ring (bicyclic) bond motifs is 3. The van der Waals surface area contributed by atoms with E-state index in [-0.39, 0.29) is 11.8 Å². The first-order chi connectivity index (χ1) is 13.1. The number of alkyl carbamates (subject to hydrolysis) is 1. The number of benzene rings is 2. The van der Waals surface area contributed by atoms with Crippen molar-refractivity contribution in [1.82, 2.24) is 10.6 Å². The molecule has 0 fully saturated rings. The molecule has 1 aliphatic carbocycles. The number of carbonyl (C=O) groups excluding carboxylic acids is 2. The molecule has 1 aliphatic rings. The molecule has 140 valence electrons. The highest BCUT2D eigenvalue weighted by Crippen LogP contribution is 2.44. The van der Waals surface area contributed by atoms with Gasteiger partial charge in [-0.3, -0.25) is 4.79 Å². The maximum absolute atomic E-state index is 12.0. The second-order valence-electron chi connectivity index (χ2n) is 6.64. The van der Waals surface area contributed by atoms with E-state index >= 15 is 0 Å². The molecule has 0 saturated carbocycles. The molecule has 2 amide bonds. The van der Waals surface area contributed by atoms with Crippen LogP contribution in [0.1, 0.15) is 30.4 Å². The first kappa shape index (κ1) is 18.7. The van der Waals surface area contributed by atoms with Crippen molar-refractivity contribution >= 4 is 12.0 Å². The molecule has 0 atom stereocenters. The number of amides is 2. The van der Waals surface area contributed by atoms with Crippen molar-refractivity contribution in [3.63, 3.8) is 0 Å². The van der Waals surface area contributed by atoms with Gasteiger partial charge in [0.2, 0.25) is 5.91 Å². The second-order valence-corrected chi connectivity index (χ2v) is 6.64. The summed E-state index contributed by atoms with van der Waals surface area (Å²) in [6, 6.07) is 16.5. The lowest BCUT2D eigenvalue weighted by Crippen LogP contribution is -2.31. The van der Waals surface area contributed by atoms with E-state index in [4.69, 9.17) is 4.74 Å². The van der Waals surface area contributed by atoms with Crippen molar-refractivity contribution in [2.24, 2.45) is 0 Å². The summed E-state index contributed by atoms with van der Waals surface area (Å²) >= 11 is 0. The van der Waals surface area contributed by atoms with Crippen LogP contribution >= 0.6 is 0 Å². The van der Waals surface area contributed by atoms with Gasteiger partial charge in [-0.2, -0.15) is 0 Å². The first-order valence-corrected chi connectivity index (χ1v) is 9.10. The zero-order chi connectivity index (χ0) is 19.2. The van der Waals surface area contributed by atoms with E-state index in [0.29, 0.717) is 31.7 Å². The van der Waals surface area contributed by atoms with Gasteiger partial charge in [0.05, 0.1) is 0 Å². The summed E-state index contributed by atoms with van der Waals surface area (Å²) in [7, 11) is 0. The highest BCUT2D eigenvalue weighted by atomic mass is 16.5.